The Morgan fingerprint density at radius 3 is 2.90 bits per heavy atom. The Kier molecular flexibility index (Phi) is 6.77. The molecule has 2 aromatic rings. The fraction of sp³-hybridized carbons (Fsp3) is 0.435. The number of aromatic nitrogens is 1. The van der Waals surface area contributed by atoms with Gasteiger partial charge in [0.05, 0.1) is 23.5 Å². The molecular formula is C23H27ClN4O2. The van der Waals surface area contributed by atoms with Gasteiger partial charge in [-0.2, -0.15) is 0 Å². The van der Waals surface area contributed by atoms with Gasteiger partial charge in [-0.3, -0.25) is 14.8 Å². The number of carbonyl (C=O) groups is 1. The van der Waals surface area contributed by atoms with Crippen LogP contribution < -0.4 is 15.4 Å². The van der Waals surface area contributed by atoms with Crippen LogP contribution in [0.1, 0.15) is 40.9 Å². The van der Waals surface area contributed by atoms with E-state index >= 15 is 0 Å². The van der Waals surface area contributed by atoms with Gasteiger partial charge in [0.2, 0.25) is 0 Å². The van der Waals surface area contributed by atoms with Crippen LogP contribution >= 0.6 is 11.6 Å². The molecule has 0 saturated carbocycles. The van der Waals surface area contributed by atoms with E-state index in [0.717, 1.165) is 42.4 Å². The van der Waals surface area contributed by atoms with Gasteiger partial charge in [0, 0.05) is 23.3 Å². The smallest absolute Gasteiger partial charge is 0.170 e. The van der Waals surface area contributed by atoms with E-state index in [9.17, 15) is 4.79 Å². The van der Waals surface area contributed by atoms with Crippen LogP contribution in [0, 0.1) is 12.8 Å². The summed E-state index contributed by atoms with van der Waals surface area (Å²) in [5, 5.41) is 7.57. The summed E-state index contributed by atoms with van der Waals surface area (Å²) in [6, 6.07) is 7.26. The number of nitrogens with one attached hydrogen (secondary N) is 2. The molecule has 6 nitrogen and oxygen atoms in total. The maximum Gasteiger partial charge on any atom is 0.170 e. The number of benzene rings is 1. The summed E-state index contributed by atoms with van der Waals surface area (Å²) >= 11 is 6.01. The Morgan fingerprint density at radius 1 is 1.27 bits per heavy atom. The third-order valence-corrected chi connectivity index (χ3v) is 5.89. The molecule has 0 spiro atoms. The zero-order valence-corrected chi connectivity index (χ0v) is 18.0. The molecule has 1 fully saturated rings. The predicted octanol–water partition coefficient (Wildman–Crippen LogP) is 3.87. The van der Waals surface area contributed by atoms with E-state index in [0.29, 0.717) is 28.7 Å². The number of halogens is 1. The molecule has 0 unspecified atom stereocenters. The number of ketones is 1. The lowest BCUT2D eigenvalue weighted by molar-refractivity contribution is 0.0998. The van der Waals surface area contributed by atoms with Gasteiger partial charge in [0.1, 0.15) is 12.4 Å². The SMILES string of the molecule is Cc1cc(Cl)ccc1OCC1=Nc2c(ccnc2CNCC2CCNCC2)C(=O)C1. The van der Waals surface area contributed by atoms with Crippen LogP contribution in [0.25, 0.3) is 0 Å². The highest BCUT2D eigenvalue weighted by Crippen LogP contribution is 2.29. The molecule has 158 valence electrons. The number of hydrogen-bond donors (Lipinski definition) is 2. The lowest BCUT2D eigenvalue weighted by Crippen LogP contribution is -2.33. The van der Waals surface area contributed by atoms with Gasteiger partial charge in [-0.15, -0.1) is 0 Å². The monoisotopic (exact) mass is 426 g/mol. The minimum absolute atomic E-state index is 0.0634. The summed E-state index contributed by atoms with van der Waals surface area (Å²) in [5.74, 6) is 1.49. The van der Waals surface area contributed by atoms with E-state index in [4.69, 9.17) is 21.3 Å². The van der Waals surface area contributed by atoms with Crippen molar-refractivity contribution in [3.8, 4) is 5.75 Å². The average Bonchev–Trinajstić information content (AvgIpc) is 2.74. The van der Waals surface area contributed by atoms with Gasteiger partial charge in [0.25, 0.3) is 0 Å². The lowest BCUT2D eigenvalue weighted by atomic mass is 9.98. The van der Waals surface area contributed by atoms with Crippen LogP contribution in [0.15, 0.2) is 35.5 Å². The Morgan fingerprint density at radius 2 is 2.10 bits per heavy atom. The molecule has 4 rings (SSSR count). The number of fused-ring (bicyclic) bond motifs is 1. The van der Waals surface area contributed by atoms with Crippen molar-refractivity contribution in [1.82, 2.24) is 15.6 Å². The maximum absolute atomic E-state index is 12.7. The van der Waals surface area contributed by atoms with Crippen molar-refractivity contribution in [2.24, 2.45) is 10.9 Å². The van der Waals surface area contributed by atoms with Crippen LogP contribution in [0.3, 0.4) is 0 Å². The highest BCUT2D eigenvalue weighted by Gasteiger charge is 2.23. The van der Waals surface area contributed by atoms with Crippen molar-refractivity contribution in [3.05, 3.63) is 52.3 Å². The van der Waals surface area contributed by atoms with Crippen molar-refractivity contribution < 1.29 is 9.53 Å². The number of ether oxygens (including phenoxy) is 1. The van der Waals surface area contributed by atoms with E-state index < -0.39 is 0 Å². The molecule has 0 amide bonds. The van der Waals surface area contributed by atoms with Gasteiger partial charge < -0.3 is 15.4 Å². The summed E-state index contributed by atoms with van der Waals surface area (Å²) in [6.45, 7) is 5.94. The summed E-state index contributed by atoms with van der Waals surface area (Å²) in [5.41, 5.74) is 3.81. The first-order chi connectivity index (χ1) is 14.6. The van der Waals surface area contributed by atoms with Gasteiger partial charge in [-0.05, 0) is 75.1 Å². The largest absolute Gasteiger partial charge is 0.487 e. The highest BCUT2D eigenvalue weighted by atomic mass is 35.5. The first-order valence-corrected chi connectivity index (χ1v) is 10.9. The Labute approximate surface area is 182 Å². The number of aryl methyl sites for hydroxylation is 1. The Hall–Kier alpha value is -2.28. The lowest BCUT2D eigenvalue weighted by Gasteiger charge is -2.23. The number of Topliss-reactive ketones (excluding diaryl/α,β-unsaturated/α-hetero) is 1. The van der Waals surface area contributed by atoms with Crippen molar-refractivity contribution in [2.45, 2.75) is 32.7 Å². The number of hydrogen-bond acceptors (Lipinski definition) is 6. The number of pyridine rings is 1. The second-order valence-electron chi connectivity index (χ2n) is 7.95. The summed E-state index contributed by atoms with van der Waals surface area (Å²) in [6.07, 6.45) is 4.35. The van der Waals surface area contributed by atoms with Crippen LogP contribution in [-0.4, -0.2) is 42.7 Å². The first-order valence-electron chi connectivity index (χ1n) is 10.5. The molecule has 0 atom stereocenters. The molecule has 2 aliphatic rings. The molecule has 7 heteroatoms. The minimum Gasteiger partial charge on any atom is -0.487 e. The van der Waals surface area contributed by atoms with E-state index in [2.05, 4.69) is 15.6 Å². The van der Waals surface area contributed by atoms with Gasteiger partial charge in [0.15, 0.2) is 5.78 Å². The molecule has 1 aromatic heterocycles. The Balaban J connectivity index is 1.44. The molecule has 1 saturated heterocycles. The summed E-state index contributed by atoms with van der Waals surface area (Å²) < 4.78 is 5.91. The molecule has 0 bridgehead atoms. The molecule has 30 heavy (non-hydrogen) atoms. The molecule has 0 aliphatic carbocycles. The molecule has 3 heterocycles. The first kappa shape index (κ1) is 21.0. The van der Waals surface area contributed by atoms with E-state index in [-0.39, 0.29) is 18.8 Å². The molecule has 0 radical (unpaired) electrons. The molecule has 1 aromatic carbocycles. The summed E-state index contributed by atoms with van der Waals surface area (Å²) in [7, 11) is 0. The molecule has 2 aliphatic heterocycles. The van der Waals surface area contributed by atoms with E-state index in [1.807, 2.05) is 19.1 Å². The highest BCUT2D eigenvalue weighted by molar-refractivity contribution is 6.30. The number of rotatable bonds is 7. The second-order valence-corrected chi connectivity index (χ2v) is 8.39. The number of nitrogens with zero attached hydrogens (tertiary/aromatic N) is 2. The van der Waals surface area contributed by atoms with Crippen LogP contribution in [0.2, 0.25) is 5.02 Å². The van der Waals surface area contributed by atoms with Gasteiger partial charge in [-0.1, -0.05) is 11.6 Å². The second kappa shape index (κ2) is 9.69. The minimum atomic E-state index is 0.0634. The average molecular weight is 427 g/mol. The predicted molar refractivity (Wildman–Crippen MR) is 119 cm³/mol. The number of piperidine rings is 1. The van der Waals surface area contributed by atoms with Crippen molar-refractivity contribution in [1.29, 1.82) is 0 Å². The van der Waals surface area contributed by atoms with Crippen molar-refractivity contribution in [3.63, 3.8) is 0 Å². The zero-order valence-electron chi connectivity index (χ0n) is 17.2. The van der Waals surface area contributed by atoms with Crippen molar-refractivity contribution >= 4 is 28.8 Å². The van der Waals surface area contributed by atoms with Crippen molar-refractivity contribution in [2.75, 3.05) is 26.2 Å². The van der Waals surface area contributed by atoms with Crippen LogP contribution in [0.4, 0.5) is 5.69 Å². The Bertz CT molecular complexity index is 954. The normalized spacial score (nSPS) is 16.9. The maximum atomic E-state index is 12.7. The fourth-order valence-corrected chi connectivity index (χ4v) is 4.18. The van der Waals surface area contributed by atoms with E-state index in [1.165, 1.54) is 12.8 Å². The topological polar surface area (TPSA) is 75.6 Å². The quantitative estimate of drug-likeness (QED) is 0.702. The standard InChI is InChI=1S/C23H27ClN4O2/c1-15-10-17(24)2-3-22(15)30-14-18-11-21(29)19-6-9-27-20(23(19)28-18)13-26-12-16-4-7-25-8-5-16/h2-3,6,9-10,16,25-26H,4-5,7-8,11-14H2,1H3. The summed E-state index contributed by atoms with van der Waals surface area (Å²) in [4.78, 5) is 21.9. The number of aliphatic imine (C=N–C) groups is 1. The van der Waals surface area contributed by atoms with Crippen LogP contribution in [-0.2, 0) is 6.54 Å². The third-order valence-electron chi connectivity index (χ3n) is 5.65. The zero-order chi connectivity index (χ0) is 20.9. The fourth-order valence-electron chi connectivity index (χ4n) is 3.95. The van der Waals surface area contributed by atoms with Gasteiger partial charge in [-0.25, -0.2) is 0 Å². The molecular weight excluding hydrogens is 400 g/mol. The van der Waals surface area contributed by atoms with Gasteiger partial charge >= 0.3 is 0 Å². The third kappa shape index (κ3) is 5.06. The number of carbonyl (C=O) groups excluding carboxylic acids is 1. The van der Waals surface area contributed by atoms with Crippen LogP contribution in [0.5, 0.6) is 5.75 Å². The molecule has 2 N–H and O–H groups in total. The van der Waals surface area contributed by atoms with E-state index in [1.54, 1.807) is 18.3 Å².